The number of morpholine rings is 1. The van der Waals surface area contributed by atoms with E-state index < -0.39 is 5.60 Å². The quantitative estimate of drug-likeness (QED) is 0.813. The highest BCUT2D eigenvalue weighted by Gasteiger charge is 2.28. The second-order valence-corrected chi connectivity index (χ2v) is 5.89. The third-order valence-corrected chi connectivity index (χ3v) is 2.84. The Hall–Kier alpha value is -1.89. The average molecular weight is 297 g/mol. The minimum absolute atomic E-state index is 0.167. The molecule has 0 aromatic rings. The zero-order valence-corrected chi connectivity index (χ0v) is 12.7. The van der Waals surface area contributed by atoms with Gasteiger partial charge in [0.05, 0.1) is 13.2 Å². The third kappa shape index (κ3) is 5.18. The normalized spacial score (nSPS) is 22.0. The molecule has 21 heavy (non-hydrogen) atoms. The van der Waals surface area contributed by atoms with Crippen molar-refractivity contribution in [3.05, 3.63) is 24.2 Å². The number of ether oxygens (including phenoxy) is 3. The fourth-order valence-electron chi connectivity index (χ4n) is 1.92. The maximum Gasteiger partial charge on any atom is 0.410 e. The number of allylic oxidation sites excluding steroid dienone is 2. The van der Waals surface area contributed by atoms with E-state index in [9.17, 15) is 4.79 Å². The van der Waals surface area contributed by atoms with Crippen LogP contribution in [0.3, 0.4) is 0 Å². The number of nitrogens with zero attached hydrogens (tertiary/aromatic N) is 1. The zero-order valence-electron chi connectivity index (χ0n) is 12.7. The van der Waals surface area contributed by atoms with Crippen LogP contribution >= 0.6 is 0 Å². The first-order valence-corrected chi connectivity index (χ1v) is 7.05. The van der Waals surface area contributed by atoms with Gasteiger partial charge in [0.25, 0.3) is 0 Å². The molecule has 118 valence electrons. The predicted molar refractivity (Wildman–Crippen MR) is 77.0 cm³/mol. The minimum Gasteiger partial charge on any atom is -0.475 e. The second-order valence-electron chi connectivity index (χ2n) is 5.89. The molecule has 2 aliphatic heterocycles. The van der Waals surface area contributed by atoms with Crippen molar-refractivity contribution in [1.82, 2.24) is 15.8 Å². The monoisotopic (exact) mass is 297 g/mol. The molecular weight excluding hydrogens is 274 g/mol. The number of rotatable bonds is 3. The molecule has 0 aromatic heterocycles. The first-order valence-electron chi connectivity index (χ1n) is 7.05. The molecule has 1 unspecified atom stereocenters. The van der Waals surface area contributed by atoms with Crippen molar-refractivity contribution in [1.29, 1.82) is 0 Å². The van der Waals surface area contributed by atoms with Crippen LogP contribution in [-0.4, -0.2) is 49.0 Å². The summed E-state index contributed by atoms with van der Waals surface area (Å²) in [7, 11) is 0. The summed E-state index contributed by atoms with van der Waals surface area (Å²) in [6.45, 7) is 7.42. The highest BCUT2D eigenvalue weighted by Crippen LogP contribution is 2.13. The summed E-state index contributed by atoms with van der Waals surface area (Å²) in [4.78, 5) is 13.7. The number of carbonyl (C=O) groups excluding carboxylic acids is 1. The first kappa shape index (κ1) is 15.5. The van der Waals surface area contributed by atoms with Crippen molar-refractivity contribution < 1.29 is 19.0 Å². The highest BCUT2D eigenvalue weighted by molar-refractivity contribution is 5.68. The van der Waals surface area contributed by atoms with Gasteiger partial charge in [-0.3, -0.25) is 5.43 Å². The van der Waals surface area contributed by atoms with Crippen molar-refractivity contribution in [3.8, 4) is 0 Å². The summed E-state index contributed by atoms with van der Waals surface area (Å²) < 4.78 is 16.6. The van der Waals surface area contributed by atoms with E-state index in [4.69, 9.17) is 14.2 Å². The average Bonchev–Trinajstić information content (AvgIpc) is 2.45. The first-order chi connectivity index (χ1) is 9.94. The fourth-order valence-corrected chi connectivity index (χ4v) is 1.92. The van der Waals surface area contributed by atoms with Crippen LogP contribution in [0.25, 0.3) is 0 Å². The molecule has 0 bridgehead atoms. The minimum atomic E-state index is -0.490. The Morgan fingerprint density at radius 2 is 2.33 bits per heavy atom. The number of hydrogen-bond acceptors (Lipinski definition) is 6. The molecule has 2 heterocycles. The van der Waals surface area contributed by atoms with Gasteiger partial charge in [-0.25, -0.2) is 4.79 Å². The number of amides is 1. The van der Waals surface area contributed by atoms with Gasteiger partial charge >= 0.3 is 6.09 Å². The van der Waals surface area contributed by atoms with E-state index in [0.29, 0.717) is 32.2 Å². The summed E-state index contributed by atoms with van der Waals surface area (Å²) in [5, 5.41) is 0. The Morgan fingerprint density at radius 3 is 3.00 bits per heavy atom. The van der Waals surface area contributed by atoms with Crippen molar-refractivity contribution >= 4 is 6.09 Å². The van der Waals surface area contributed by atoms with E-state index in [0.717, 1.165) is 0 Å². The smallest absolute Gasteiger partial charge is 0.410 e. The molecule has 1 atom stereocenters. The number of carbonyl (C=O) groups is 1. The Balaban J connectivity index is 1.79. The molecule has 7 heteroatoms. The van der Waals surface area contributed by atoms with Crippen LogP contribution in [0.1, 0.15) is 20.8 Å². The van der Waals surface area contributed by atoms with E-state index in [-0.39, 0.29) is 12.2 Å². The van der Waals surface area contributed by atoms with Gasteiger partial charge in [0.2, 0.25) is 5.88 Å². The predicted octanol–water partition coefficient (Wildman–Crippen LogP) is 1.10. The van der Waals surface area contributed by atoms with Crippen molar-refractivity contribution in [2.75, 3.05) is 26.3 Å². The molecule has 1 amide bonds. The molecule has 7 nitrogen and oxygen atoms in total. The maximum atomic E-state index is 12.0. The zero-order chi connectivity index (χ0) is 15.3. The van der Waals surface area contributed by atoms with Crippen molar-refractivity contribution in [2.24, 2.45) is 0 Å². The Bertz CT molecular complexity index is 428. The molecule has 2 N–H and O–H groups in total. The lowest BCUT2D eigenvalue weighted by Gasteiger charge is -2.34. The lowest BCUT2D eigenvalue weighted by atomic mass is 10.2. The van der Waals surface area contributed by atoms with Gasteiger partial charge < -0.3 is 24.5 Å². The third-order valence-electron chi connectivity index (χ3n) is 2.84. The van der Waals surface area contributed by atoms with Crippen LogP contribution in [0, 0.1) is 0 Å². The van der Waals surface area contributed by atoms with E-state index >= 15 is 0 Å². The molecule has 0 aliphatic carbocycles. The molecular formula is C14H23N3O4. The maximum absolute atomic E-state index is 12.0. The molecule has 0 spiro atoms. The van der Waals surface area contributed by atoms with Crippen LogP contribution in [0.2, 0.25) is 0 Å². The number of nitrogens with one attached hydrogen (secondary N) is 2. The van der Waals surface area contributed by atoms with Crippen LogP contribution in [-0.2, 0) is 14.2 Å². The molecule has 0 saturated carbocycles. The van der Waals surface area contributed by atoms with E-state index in [2.05, 4.69) is 10.9 Å². The van der Waals surface area contributed by atoms with E-state index in [1.807, 2.05) is 32.9 Å². The summed E-state index contributed by atoms with van der Waals surface area (Å²) in [6, 6.07) is 0. The van der Waals surface area contributed by atoms with Gasteiger partial charge in [-0.1, -0.05) is 0 Å². The van der Waals surface area contributed by atoms with Gasteiger partial charge in [-0.2, -0.15) is 0 Å². The standard InChI is InChI=1S/C14H23N3O4/c1-14(2,3)21-13(18)17-7-8-19-11(9-17)10-20-12-5-4-6-15-16-12/h4-6,11,15-16H,7-10H2,1-3H3. The Kier molecular flexibility index (Phi) is 4.95. The summed E-state index contributed by atoms with van der Waals surface area (Å²) in [5.41, 5.74) is 5.20. The summed E-state index contributed by atoms with van der Waals surface area (Å²) in [5.74, 6) is 0.621. The summed E-state index contributed by atoms with van der Waals surface area (Å²) in [6.07, 6.45) is 4.93. The molecule has 1 saturated heterocycles. The molecule has 2 rings (SSSR count). The summed E-state index contributed by atoms with van der Waals surface area (Å²) >= 11 is 0. The Morgan fingerprint density at radius 1 is 1.52 bits per heavy atom. The van der Waals surface area contributed by atoms with E-state index in [1.54, 1.807) is 11.1 Å². The molecule has 0 radical (unpaired) electrons. The number of hydrazine groups is 1. The largest absolute Gasteiger partial charge is 0.475 e. The lowest BCUT2D eigenvalue weighted by molar-refractivity contribution is -0.0655. The second kappa shape index (κ2) is 6.71. The molecule has 2 aliphatic rings. The van der Waals surface area contributed by atoms with Gasteiger partial charge in [0.1, 0.15) is 18.3 Å². The highest BCUT2D eigenvalue weighted by atomic mass is 16.6. The lowest BCUT2D eigenvalue weighted by Crippen LogP contribution is -2.49. The van der Waals surface area contributed by atoms with Gasteiger partial charge in [-0.15, -0.1) is 0 Å². The molecule has 1 fully saturated rings. The SMILES string of the molecule is CC(C)(C)OC(=O)N1CCOC(COC2=CC=CNN2)C1. The van der Waals surface area contributed by atoms with Gasteiger partial charge in [0, 0.05) is 18.8 Å². The van der Waals surface area contributed by atoms with Crippen LogP contribution in [0.5, 0.6) is 0 Å². The van der Waals surface area contributed by atoms with Crippen molar-refractivity contribution in [3.63, 3.8) is 0 Å². The van der Waals surface area contributed by atoms with E-state index in [1.165, 1.54) is 0 Å². The van der Waals surface area contributed by atoms with Crippen LogP contribution < -0.4 is 10.9 Å². The van der Waals surface area contributed by atoms with Crippen LogP contribution in [0.4, 0.5) is 4.79 Å². The number of hydrogen-bond donors (Lipinski definition) is 2. The molecule has 0 aromatic carbocycles. The van der Waals surface area contributed by atoms with Crippen molar-refractivity contribution in [2.45, 2.75) is 32.5 Å². The topological polar surface area (TPSA) is 72.1 Å². The van der Waals surface area contributed by atoms with Crippen LogP contribution in [0.15, 0.2) is 24.2 Å². The fraction of sp³-hybridized carbons (Fsp3) is 0.643. The van der Waals surface area contributed by atoms with Gasteiger partial charge in [-0.05, 0) is 26.8 Å². The van der Waals surface area contributed by atoms with Gasteiger partial charge in [0.15, 0.2) is 0 Å². The Labute approximate surface area is 124 Å².